The Kier molecular flexibility index (Phi) is 3.44. The van der Waals surface area contributed by atoms with E-state index < -0.39 is 0 Å². The molecule has 0 radical (unpaired) electrons. The number of benzene rings is 2. The molecule has 2 heterocycles. The van der Waals surface area contributed by atoms with Crippen molar-refractivity contribution >= 4 is 10.9 Å². The van der Waals surface area contributed by atoms with E-state index in [9.17, 15) is 5.11 Å². The van der Waals surface area contributed by atoms with Gasteiger partial charge in [-0.05, 0) is 17.7 Å². The fourth-order valence-corrected chi connectivity index (χ4v) is 2.84. The molecule has 4 rings (SSSR count). The van der Waals surface area contributed by atoms with Gasteiger partial charge in [0, 0.05) is 17.4 Å². The van der Waals surface area contributed by atoms with E-state index >= 15 is 0 Å². The molecule has 4 heteroatoms. The third kappa shape index (κ3) is 2.43. The third-order valence-corrected chi connectivity index (χ3v) is 3.96. The van der Waals surface area contributed by atoms with E-state index in [2.05, 4.69) is 18.2 Å². The maximum Gasteiger partial charge on any atom is 0.225 e. The number of fused-ring (bicyclic) bond motifs is 1. The van der Waals surface area contributed by atoms with Crippen LogP contribution in [0.15, 0.2) is 71.3 Å². The molecule has 0 unspecified atom stereocenters. The van der Waals surface area contributed by atoms with E-state index in [1.54, 1.807) is 17.0 Å². The SMILES string of the molecule is OCc1ccoc1-n1nc(Cc2ccccc2)c2ccccc21. The molecule has 0 amide bonds. The van der Waals surface area contributed by atoms with Crippen molar-refractivity contribution in [2.24, 2.45) is 0 Å². The predicted octanol–water partition coefficient (Wildman–Crippen LogP) is 3.70. The van der Waals surface area contributed by atoms with Crippen LogP contribution in [0.1, 0.15) is 16.8 Å². The van der Waals surface area contributed by atoms with Gasteiger partial charge in [0.25, 0.3) is 0 Å². The van der Waals surface area contributed by atoms with Crippen molar-refractivity contribution in [1.82, 2.24) is 9.78 Å². The van der Waals surface area contributed by atoms with Gasteiger partial charge in [-0.3, -0.25) is 0 Å². The van der Waals surface area contributed by atoms with Crippen LogP contribution in [0.3, 0.4) is 0 Å². The van der Waals surface area contributed by atoms with Crippen molar-refractivity contribution in [3.05, 3.63) is 83.7 Å². The Bertz CT molecular complexity index is 938. The lowest BCUT2D eigenvalue weighted by atomic mass is 10.1. The van der Waals surface area contributed by atoms with Crippen LogP contribution in [-0.2, 0) is 13.0 Å². The average molecular weight is 304 g/mol. The Morgan fingerprint density at radius 1 is 0.957 bits per heavy atom. The van der Waals surface area contributed by atoms with Gasteiger partial charge in [0.1, 0.15) is 0 Å². The van der Waals surface area contributed by atoms with Gasteiger partial charge in [0.2, 0.25) is 5.88 Å². The first-order valence-corrected chi connectivity index (χ1v) is 7.55. The predicted molar refractivity (Wildman–Crippen MR) is 88.5 cm³/mol. The topological polar surface area (TPSA) is 51.2 Å². The van der Waals surface area contributed by atoms with Gasteiger partial charge in [-0.25, -0.2) is 0 Å². The molecule has 1 N–H and O–H groups in total. The van der Waals surface area contributed by atoms with Crippen molar-refractivity contribution in [2.75, 3.05) is 0 Å². The van der Waals surface area contributed by atoms with Crippen molar-refractivity contribution < 1.29 is 9.52 Å². The molecular weight excluding hydrogens is 288 g/mol. The van der Waals surface area contributed by atoms with Gasteiger partial charge < -0.3 is 9.52 Å². The van der Waals surface area contributed by atoms with Crippen LogP contribution in [0.4, 0.5) is 0 Å². The van der Waals surface area contributed by atoms with Gasteiger partial charge in [-0.15, -0.1) is 0 Å². The van der Waals surface area contributed by atoms with E-state index in [1.165, 1.54) is 5.56 Å². The zero-order valence-electron chi connectivity index (χ0n) is 12.5. The summed E-state index contributed by atoms with van der Waals surface area (Å²) in [4.78, 5) is 0. The first kappa shape index (κ1) is 13.8. The van der Waals surface area contributed by atoms with Gasteiger partial charge in [0.15, 0.2) is 0 Å². The normalized spacial score (nSPS) is 11.2. The fraction of sp³-hybridized carbons (Fsp3) is 0.105. The maximum absolute atomic E-state index is 9.48. The minimum Gasteiger partial charge on any atom is -0.446 e. The van der Waals surface area contributed by atoms with Crippen LogP contribution in [0, 0.1) is 0 Å². The summed E-state index contributed by atoms with van der Waals surface area (Å²) in [5.41, 5.74) is 3.91. The Balaban J connectivity index is 1.87. The first-order valence-electron chi connectivity index (χ1n) is 7.55. The van der Waals surface area contributed by atoms with Gasteiger partial charge in [0.05, 0.1) is 24.1 Å². The Morgan fingerprint density at radius 3 is 2.57 bits per heavy atom. The second-order valence-electron chi connectivity index (χ2n) is 5.45. The largest absolute Gasteiger partial charge is 0.446 e. The molecule has 0 fully saturated rings. The van der Waals surface area contributed by atoms with Crippen molar-refractivity contribution in [3.63, 3.8) is 0 Å². The molecule has 0 aliphatic carbocycles. The van der Waals surface area contributed by atoms with Gasteiger partial charge in [-0.1, -0.05) is 48.5 Å². The number of aromatic nitrogens is 2. The lowest BCUT2D eigenvalue weighted by Crippen LogP contribution is -1.99. The van der Waals surface area contributed by atoms with Gasteiger partial charge in [-0.2, -0.15) is 9.78 Å². The second-order valence-corrected chi connectivity index (χ2v) is 5.45. The fourth-order valence-electron chi connectivity index (χ4n) is 2.84. The summed E-state index contributed by atoms with van der Waals surface area (Å²) in [5.74, 6) is 0.572. The van der Waals surface area contributed by atoms with E-state index in [0.717, 1.165) is 28.6 Å². The molecule has 0 saturated carbocycles. The van der Waals surface area contributed by atoms with Crippen LogP contribution in [0.5, 0.6) is 0 Å². The highest BCUT2D eigenvalue weighted by Gasteiger charge is 2.16. The molecule has 23 heavy (non-hydrogen) atoms. The van der Waals surface area contributed by atoms with E-state index in [1.807, 2.05) is 36.4 Å². The molecule has 2 aromatic carbocycles. The number of furan rings is 1. The number of hydrogen-bond donors (Lipinski definition) is 1. The number of nitrogens with zero attached hydrogens (tertiary/aromatic N) is 2. The van der Waals surface area contributed by atoms with Gasteiger partial charge >= 0.3 is 0 Å². The van der Waals surface area contributed by atoms with Crippen LogP contribution < -0.4 is 0 Å². The Hall–Kier alpha value is -2.85. The zero-order valence-corrected chi connectivity index (χ0v) is 12.5. The van der Waals surface area contributed by atoms with Crippen molar-refractivity contribution in [3.8, 4) is 5.88 Å². The lowest BCUT2D eigenvalue weighted by Gasteiger charge is -2.01. The molecular formula is C19H16N2O2. The molecule has 0 saturated heterocycles. The standard InChI is InChI=1S/C19H16N2O2/c22-13-15-10-11-23-19(15)21-18-9-5-4-8-16(18)17(20-21)12-14-6-2-1-3-7-14/h1-11,22H,12-13H2. The van der Waals surface area contributed by atoms with Crippen LogP contribution >= 0.6 is 0 Å². The summed E-state index contributed by atoms with van der Waals surface area (Å²) >= 11 is 0. The maximum atomic E-state index is 9.48. The average Bonchev–Trinajstić information content (AvgIpc) is 3.20. The molecule has 2 aromatic heterocycles. The molecule has 0 aliphatic rings. The van der Waals surface area contributed by atoms with Crippen LogP contribution in [0.25, 0.3) is 16.8 Å². The number of aliphatic hydroxyl groups excluding tert-OH is 1. The molecule has 0 atom stereocenters. The van der Waals surface area contributed by atoms with Crippen molar-refractivity contribution in [2.45, 2.75) is 13.0 Å². The highest BCUT2D eigenvalue weighted by molar-refractivity contribution is 5.83. The summed E-state index contributed by atoms with van der Waals surface area (Å²) < 4.78 is 7.33. The third-order valence-electron chi connectivity index (χ3n) is 3.96. The summed E-state index contributed by atoms with van der Waals surface area (Å²) in [5, 5.41) is 15.3. The summed E-state index contributed by atoms with van der Waals surface area (Å²) in [7, 11) is 0. The smallest absolute Gasteiger partial charge is 0.225 e. The number of para-hydroxylation sites is 1. The number of hydrogen-bond acceptors (Lipinski definition) is 3. The number of rotatable bonds is 4. The minimum absolute atomic E-state index is 0.0754. The van der Waals surface area contributed by atoms with Crippen LogP contribution in [0.2, 0.25) is 0 Å². The first-order chi connectivity index (χ1) is 11.4. The lowest BCUT2D eigenvalue weighted by molar-refractivity contribution is 0.279. The Morgan fingerprint density at radius 2 is 1.74 bits per heavy atom. The monoisotopic (exact) mass is 304 g/mol. The van der Waals surface area contributed by atoms with Crippen molar-refractivity contribution in [1.29, 1.82) is 0 Å². The zero-order chi connectivity index (χ0) is 15.6. The summed E-state index contributed by atoms with van der Waals surface area (Å²) in [6, 6.07) is 20.1. The molecule has 0 spiro atoms. The van der Waals surface area contributed by atoms with E-state index in [4.69, 9.17) is 9.52 Å². The summed E-state index contributed by atoms with van der Waals surface area (Å²) in [6.45, 7) is -0.0754. The quantitative estimate of drug-likeness (QED) is 0.625. The second kappa shape index (κ2) is 5.74. The van der Waals surface area contributed by atoms with E-state index in [0.29, 0.717) is 5.88 Å². The molecule has 0 bridgehead atoms. The molecule has 4 nitrogen and oxygen atoms in total. The molecule has 0 aliphatic heterocycles. The number of aliphatic hydroxyl groups is 1. The Labute approximate surface area is 133 Å². The summed E-state index contributed by atoms with van der Waals surface area (Å²) in [6.07, 6.45) is 2.33. The minimum atomic E-state index is -0.0754. The highest BCUT2D eigenvalue weighted by atomic mass is 16.3. The van der Waals surface area contributed by atoms with E-state index in [-0.39, 0.29) is 6.61 Å². The molecule has 4 aromatic rings. The highest BCUT2D eigenvalue weighted by Crippen LogP contribution is 2.26. The molecule has 114 valence electrons. The van der Waals surface area contributed by atoms with Crippen LogP contribution in [-0.4, -0.2) is 14.9 Å².